The molecule has 0 heterocycles. The van der Waals surface area contributed by atoms with Crippen molar-refractivity contribution in [3.05, 3.63) is 0 Å². The third kappa shape index (κ3) is 16.3. The minimum atomic E-state index is -0.0485. The summed E-state index contributed by atoms with van der Waals surface area (Å²) in [5, 5.41) is 9.16. The Balaban J connectivity index is 3.13. The summed E-state index contributed by atoms with van der Waals surface area (Å²) in [7, 11) is 1.61. The number of aliphatic hydroxyl groups is 1. The number of methoxy groups -OCH3 is 1. The number of ether oxygens (including phenoxy) is 2. The SMILES string of the molecule is CCCCCCCCCCCCCCC[C@H](CO)OCOC. The first-order valence-corrected chi connectivity index (χ1v) is 9.56. The summed E-state index contributed by atoms with van der Waals surface area (Å²) in [4.78, 5) is 0. The van der Waals surface area contributed by atoms with E-state index >= 15 is 0 Å². The second-order valence-corrected chi connectivity index (χ2v) is 6.41. The predicted molar refractivity (Wildman–Crippen MR) is 94.1 cm³/mol. The van der Waals surface area contributed by atoms with Gasteiger partial charge in [0, 0.05) is 7.11 Å². The van der Waals surface area contributed by atoms with Crippen LogP contribution in [0.5, 0.6) is 0 Å². The highest BCUT2D eigenvalue weighted by molar-refractivity contribution is 4.56. The Hall–Kier alpha value is -0.120. The van der Waals surface area contributed by atoms with E-state index in [0.29, 0.717) is 0 Å². The van der Waals surface area contributed by atoms with Gasteiger partial charge in [0.15, 0.2) is 0 Å². The monoisotopic (exact) mass is 316 g/mol. The zero-order valence-corrected chi connectivity index (χ0v) is 15.2. The van der Waals surface area contributed by atoms with Crippen LogP contribution in [0.4, 0.5) is 0 Å². The standard InChI is InChI=1S/C19H40O3/c1-3-4-5-6-7-8-9-10-11-12-13-14-15-16-19(17-20)22-18-21-2/h19-20H,3-18H2,1-2H3/t19-/m1/s1. The van der Waals surface area contributed by atoms with E-state index in [0.717, 1.165) is 12.8 Å². The second kappa shape index (κ2) is 18.9. The summed E-state index contributed by atoms with van der Waals surface area (Å²) in [6.07, 6.45) is 18.7. The van der Waals surface area contributed by atoms with E-state index in [9.17, 15) is 0 Å². The van der Waals surface area contributed by atoms with Crippen LogP contribution in [0, 0.1) is 0 Å². The van der Waals surface area contributed by atoms with Gasteiger partial charge in [-0.05, 0) is 6.42 Å². The van der Waals surface area contributed by atoms with Crippen LogP contribution in [0.3, 0.4) is 0 Å². The molecule has 3 heteroatoms. The van der Waals surface area contributed by atoms with E-state index < -0.39 is 0 Å². The molecular formula is C19H40O3. The molecule has 0 saturated carbocycles. The van der Waals surface area contributed by atoms with Gasteiger partial charge in [-0.3, -0.25) is 0 Å². The molecule has 134 valence electrons. The number of hydrogen-bond acceptors (Lipinski definition) is 3. The van der Waals surface area contributed by atoms with Crippen LogP contribution in [-0.4, -0.2) is 31.7 Å². The summed E-state index contributed by atoms with van der Waals surface area (Å²) in [5.41, 5.74) is 0. The van der Waals surface area contributed by atoms with Gasteiger partial charge in [-0.1, -0.05) is 90.4 Å². The maximum Gasteiger partial charge on any atom is 0.146 e. The minimum Gasteiger partial charge on any atom is -0.394 e. The van der Waals surface area contributed by atoms with E-state index in [-0.39, 0.29) is 19.5 Å². The van der Waals surface area contributed by atoms with Crippen LogP contribution >= 0.6 is 0 Å². The third-order valence-corrected chi connectivity index (χ3v) is 4.25. The van der Waals surface area contributed by atoms with Gasteiger partial charge >= 0.3 is 0 Å². The summed E-state index contributed by atoms with van der Waals surface area (Å²) in [6.45, 7) is 2.65. The molecule has 1 N–H and O–H groups in total. The fourth-order valence-corrected chi connectivity index (χ4v) is 2.78. The second-order valence-electron chi connectivity index (χ2n) is 6.41. The lowest BCUT2D eigenvalue weighted by atomic mass is 10.0. The summed E-state index contributed by atoms with van der Waals surface area (Å²) < 4.78 is 10.2. The highest BCUT2D eigenvalue weighted by atomic mass is 16.7. The number of aliphatic hydroxyl groups excluding tert-OH is 1. The van der Waals surface area contributed by atoms with Crippen molar-refractivity contribution in [2.45, 2.75) is 103 Å². The van der Waals surface area contributed by atoms with E-state index in [4.69, 9.17) is 14.6 Å². The summed E-state index contributed by atoms with van der Waals surface area (Å²) in [5.74, 6) is 0. The third-order valence-electron chi connectivity index (χ3n) is 4.25. The molecule has 0 aromatic carbocycles. The lowest BCUT2D eigenvalue weighted by molar-refractivity contribution is -0.0898. The van der Waals surface area contributed by atoms with Crippen molar-refractivity contribution < 1.29 is 14.6 Å². The average molecular weight is 317 g/mol. The van der Waals surface area contributed by atoms with Crippen molar-refractivity contribution in [2.75, 3.05) is 20.5 Å². The Kier molecular flexibility index (Phi) is 18.8. The fourth-order valence-electron chi connectivity index (χ4n) is 2.78. The maximum absolute atomic E-state index is 9.16. The maximum atomic E-state index is 9.16. The first kappa shape index (κ1) is 21.9. The Labute approximate surface area is 138 Å². The van der Waals surface area contributed by atoms with Gasteiger partial charge in [-0.25, -0.2) is 0 Å². The van der Waals surface area contributed by atoms with E-state index in [1.807, 2.05) is 0 Å². The predicted octanol–water partition coefficient (Wildman–Crippen LogP) is 5.45. The molecule has 0 bridgehead atoms. The van der Waals surface area contributed by atoms with Crippen LogP contribution in [0.2, 0.25) is 0 Å². The molecule has 0 saturated heterocycles. The minimum absolute atomic E-state index is 0.0485. The summed E-state index contributed by atoms with van der Waals surface area (Å²) >= 11 is 0. The molecule has 0 aromatic rings. The highest BCUT2D eigenvalue weighted by Gasteiger charge is 2.06. The van der Waals surface area contributed by atoms with E-state index in [1.165, 1.54) is 77.0 Å². The van der Waals surface area contributed by atoms with Gasteiger partial charge in [0.1, 0.15) is 6.79 Å². The van der Waals surface area contributed by atoms with Crippen molar-refractivity contribution in [1.29, 1.82) is 0 Å². The normalized spacial score (nSPS) is 12.7. The van der Waals surface area contributed by atoms with Gasteiger partial charge in [0.25, 0.3) is 0 Å². The largest absolute Gasteiger partial charge is 0.394 e. The molecule has 1 atom stereocenters. The molecule has 0 aromatic heterocycles. The van der Waals surface area contributed by atoms with Crippen molar-refractivity contribution in [3.63, 3.8) is 0 Å². The summed E-state index contributed by atoms with van der Waals surface area (Å²) in [6, 6.07) is 0. The van der Waals surface area contributed by atoms with Crippen molar-refractivity contribution in [3.8, 4) is 0 Å². The lowest BCUT2D eigenvalue weighted by Gasteiger charge is -2.14. The smallest absolute Gasteiger partial charge is 0.146 e. The molecule has 0 fully saturated rings. The Morgan fingerprint density at radius 3 is 1.59 bits per heavy atom. The van der Waals surface area contributed by atoms with Crippen LogP contribution in [-0.2, 0) is 9.47 Å². The fraction of sp³-hybridized carbons (Fsp3) is 1.00. The van der Waals surface area contributed by atoms with E-state index in [1.54, 1.807) is 7.11 Å². The molecule has 0 unspecified atom stereocenters. The average Bonchev–Trinajstić information content (AvgIpc) is 2.54. The molecule has 0 radical (unpaired) electrons. The molecule has 22 heavy (non-hydrogen) atoms. The highest BCUT2D eigenvalue weighted by Crippen LogP contribution is 2.13. The molecule has 0 spiro atoms. The van der Waals surface area contributed by atoms with Gasteiger partial charge in [0.2, 0.25) is 0 Å². The Morgan fingerprint density at radius 2 is 1.18 bits per heavy atom. The number of hydrogen-bond donors (Lipinski definition) is 1. The van der Waals surface area contributed by atoms with Crippen LogP contribution in [0.15, 0.2) is 0 Å². The first-order chi connectivity index (χ1) is 10.8. The van der Waals surface area contributed by atoms with Crippen LogP contribution in [0.1, 0.15) is 96.8 Å². The zero-order chi connectivity index (χ0) is 16.3. The van der Waals surface area contributed by atoms with E-state index in [2.05, 4.69) is 6.92 Å². The number of rotatable bonds is 18. The molecule has 0 aliphatic heterocycles. The Bertz CT molecular complexity index is 197. The lowest BCUT2D eigenvalue weighted by Crippen LogP contribution is -2.18. The molecule has 0 rings (SSSR count). The first-order valence-electron chi connectivity index (χ1n) is 9.56. The van der Waals surface area contributed by atoms with Crippen LogP contribution < -0.4 is 0 Å². The molecule has 3 nitrogen and oxygen atoms in total. The molecule has 0 amide bonds. The Morgan fingerprint density at radius 1 is 0.727 bits per heavy atom. The zero-order valence-electron chi connectivity index (χ0n) is 15.2. The van der Waals surface area contributed by atoms with Gasteiger partial charge in [-0.15, -0.1) is 0 Å². The van der Waals surface area contributed by atoms with Crippen molar-refractivity contribution in [2.24, 2.45) is 0 Å². The number of unbranched alkanes of at least 4 members (excludes halogenated alkanes) is 12. The van der Waals surface area contributed by atoms with Crippen molar-refractivity contribution >= 4 is 0 Å². The van der Waals surface area contributed by atoms with Gasteiger partial charge in [-0.2, -0.15) is 0 Å². The van der Waals surface area contributed by atoms with Gasteiger partial charge in [0.05, 0.1) is 12.7 Å². The van der Waals surface area contributed by atoms with Gasteiger partial charge < -0.3 is 14.6 Å². The van der Waals surface area contributed by atoms with Crippen LogP contribution in [0.25, 0.3) is 0 Å². The van der Waals surface area contributed by atoms with Crippen molar-refractivity contribution in [1.82, 2.24) is 0 Å². The molecule has 0 aliphatic carbocycles. The quantitative estimate of drug-likeness (QED) is 0.270. The topological polar surface area (TPSA) is 38.7 Å². The molecular weight excluding hydrogens is 276 g/mol. The molecule has 0 aliphatic rings.